The summed E-state index contributed by atoms with van der Waals surface area (Å²) in [6.07, 6.45) is 0.0155. The number of aliphatic imine (C=N–C) groups is 1. The highest BCUT2D eigenvalue weighted by Crippen LogP contribution is 2.10. The average molecular weight is 271 g/mol. The van der Waals surface area contributed by atoms with Gasteiger partial charge in [-0.15, -0.1) is 0 Å². The molecule has 19 heavy (non-hydrogen) atoms. The number of aliphatic hydroxyl groups excluding tert-OH is 1. The normalized spacial score (nSPS) is 17.7. The van der Waals surface area contributed by atoms with Gasteiger partial charge in [-0.3, -0.25) is 9.89 Å². The van der Waals surface area contributed by atoms with Crippen molar-refractivity contribution in [2.24, 2.45) is 4.99 Å². The molecule has 110 valence electrons. The fourth-order valence-corrected chi connectivity index (χ4v) is 1.63. The first-order valence-electron chi connectivity index (χ1n) is 6.71. The van der Waals surface area contributed by atoms with Crippen molar-refractivity contribution < 1.29 is 14.6 Å². The van der Waals surface area contributed by atoms with E-state index in [-0.39, 0.29) is 12.2 Å². The van der Waals surface area contributed by atoms with Gasteiger partial charge in [-0.1, -0.05) is 0 Å². The Hall–Kier alpha value is -1.30. The number of aliphatic hydroxyl groups is 1. The van der Waals surface area contributed by atoms with Crippen molar-refractivity contribution in [1.82, 2.24) is 10.2 Å². The van der Waals surface area contributed by atoms with Crippen molar-refractivity contribution in [1.29, 1.82) is 0 Å². The number of hydrogen-bond acceptors (Lipinski definition) is 5. The molecule has 2 N–H and O–H groups in total. The Morgan fingerprint density at radius 3 is 2.84 bits per heavy atom. The van der Waals surface area contributed by atoms with Gasteiger partial charge in [0.05, 0.1) is 19.2 Å². The lowest BCUT2D eigenvalue weighted by atomic mass is 10.2. The number of carbonyl (C=O) groups is 1. The van der Waals surface area contributed by atoms with Crippen LogP contribution < -0.4 is 5.32 Å². The van der Waals surface area contributed by atoms with Crippen LogP contribution in [0.2, 0.25) is 0 Å². The first-order chi connectivity index (χ1) is 8.78. The first-order valence-corrected chi connectivity index (χ1v) is 6.71. The molecule has 1 aliphatic rings. The lowest BCUT2D eigenvalue weighted by molar-refractivity contribution is 0.0276. The summed E-state index contributed by atoms with van der Waals surface area (Å²) >= 11 is 0. The Balaban J connectivity index is 2.40. The van der Waals surface area contributed by atoms with E-state index in [9.17, 15) is 9.90 Å². The number of nitrogens with one attached hydrogen (secondary N) is 1. The molecule has 0 saturated carbocycles. The molecule has 1 amide bonds. The molecular weight excluding hydrogens is 246 g/mol. The number of hydrogen-bond donors (Lipinski definition) is 2. The molecule has 1 aliphatic heterocycles. The number of rotatable bonds is 3. The Bertz CT molecular complexity index is 335. The van der Waals surface area contributed by atoms with Crippen molar-refractivity contribution >= 4 is 11.9 Å². The summed E-state index contributed by atoms with van der Waals surface area (Å²) in [6.45, 7) is 9.55. The van der Waals surface area contributed by atoms with E-state index in [0.29, 0.717) is 32.6 Å². The zero-order valence-corrected chi connectivity index (χ0v) is 12.3. The Kier molecular flexibility index (Phi) is 5.60. The summed E-state index contributed by atoms with van der Waals surface area (Å²) in [5, 5.41) is 12.3. The molecule has 0 aliphatic carbocycles. The van der Waals surface area contributed by atoms with E-state index in [1.807, 2.05) is 20.8 Å². The van der Waals surface area contributed by atoms with E-state index in [4.69, 9.17) is 4.74 Å². The average Bonchev–Trinajstić information content (AvgIpc) is 2.26. The largest absolute Gasteiger partial charge is 0.444 e. The maximum absolute atomic E-state index is 11.9. The van der Waals surface area contributed by atoms with E-state index < -0.39 is 5.60 Å². The summed E-state index contributed by atoms with van der Waals surface area (Å²) in [7, 11) is 0. The zero-order valence-electron chi connectivity index (χ0n) is 12.3. The molecule has 6 heteroatoms. The van der Waals surface area contributed by atoms with Crippen LogP contribution in [0.15, 0.2) is 4.99 Å². The van der Waals surface area contributed by atoms with E-state index in [1.165, 1.54) is 0 Å². The van der Waals surface area contributed by atoms with E-state index in [1.54, 1.807) is 11.8 Å². The highest BCUT2D eigenvalue weighted by Gasteiger charge is 2.24. The fraction of sp³-hybridized carbons (Fsp3) is 0.846. The van der Waals surface area contributed by atoms with Gasteiger partial charge in [-0.25, -0.2) is 4.79 Å². The summed E-state index contributed by atoms with van der Waals surface area (Å²) in [4.78, 5) is 17.9. The lowest BCUT2D eigenvalue weighted by Crippen LogP contribution is -2.47. The van der Waals surface area contributed by atoms with Crippen molar-refractivity contribution in [3.63, 3.8) is 0 Å². The van der Waals surface area contributed by atoms with Crippen LogP contribution in [-0.4, -0.2) is 59.8 Å². The smallest absolute Gasteiger partial charge is 0.410 e. The molecule has 0 saturated heterocycles. The minimum atomic E-state index is -0.481. The minimum Gasteiger partial charge on any atom is -0.444 e. The van der Waals surface area contributed by atoms with E-state index in [0.717, 1.165) is 5.84 Å². The number of ether oxygens (including phenoxy) is 1. The van der Waals surface area contributed by atoms with Gasteiger partial charge in [0.1, 0.15) is 11.4 Å². The fourth-order valence-electron chi connectivity index (χ4n) is 1.63. The zero-order chi connectivity index (χ0) is 14.5. The maximum atomic E-state index is 11.9. The predicted octanol–water partition coefficient (Wildman–Crippen LogP) is 0.996. The molecule has 1 atom stereocenters. The van der Waals surface area contributed by atoms with Crippen LogP contribution in [0.3, 0.4) is 0 Å². The van der Waals surface area contributed by atoms with Crippen LogP contribution in [0.25, 0.3) is 0 Å². The van der Waals surface area contributed by atoms with Gasteiger partial charge >= 0.3 is 6.09 Å². The van der Waals surface area contributed by atoms with Gasteiger partial charge in [0, 0.05) is 13.1 Å². The Labute approximate surface area is 114 Å². The molecule has 0 aromatic heterocycles. The van der Waals surface area contributed by atoms with Gasteiger partial charge in [0.25, 0.3) is 0 Å². The number of amides is 1. The Morgan fingerprint density at radius 2 is 2.26 bits per heavy atom. The van der Waals surface area contributed by atoms with Crippen LogP contribution in [0.5, 0.6) is 0 Å². The third-order valence-electron chi connectivity index (χ3n) is 2.56. The number of amidine groups is 1. The molecule has 0 aromatic rings. The summed E-state index contributed by atoms with van der Waals surface area (Å²) < 4.78 is 5.33. The van der Waals surface area contributed by atoms with Crippen LogP contribution in [0.1, 0.15) is 34.1 Å². The second-order valence-electron chi connectivity index (χ2n) is 5.79. The molecular formula is C13H25N3O3. The molecule has 1 rings (SSSR count). The summed E-state index contributed by atoms with van der Waals surface area (Å²) in [6, 6.07) is 0. The number of nitrogens with zero attached hydrogens (tertiary/aromatic N) is 2. The van der Waals surface area contributed by atoms with Gasteiger partial charge in [0.15, 0.2) is 0 Å². The molecule has 0 fully saturated rings. The van der Waals surface area contributed by atoms with Crippen molar-refractivity contribution in [3.05, 3.63) is 0 Å². The highest BCUT2D eigenvalue weighted by molar-refractivity contribution is 5.87. The molecule has 0 radical (unpaired) electrons. The van der Waals surface area contributed by atoms with Crippen molar-refractivity contribution in [2.45, 2.75) is 45.8 Å². The quantitative estimate of drug-likeness (QED) is 0.803. The number of carbonyl (C=O) groups excluding carboxylic acids is 1. The van der Waals surface area contributed by atoms with Crippen molar-refractivity contribution in [3.8, 4) is 0 Å². The molecule has 1 unspecified atom stereocenters. The summed E-state index contributed by atoms with van der Waals surface area (Å²) in [5.41, 5.74) is -0.481. The van der Waals surface area contributed by atoms with Gasteiger partial charge < -0.3 is 15.2 Å². The van der Waals surface area contributed by atoms with Crippen molar-refractivity contribution in [2.75, 3.05) is 26.2 Å². The van der Waals surface area contributed by atoms with Crippen LogP contribution in [0, 0.1) is 0 Å². The molecule has 6 nitrogen and oxygen atoms in total. The second kappa shape index (κ2) is 6.75. The van der Waals surface area contributed by atoms with E-state index >= 15 is 0 Å². The maximum Gasteiger partial charge on any atom is 0.410 e. The minimum absolute atomic E-state index is 0.308. The van der Waals surface area contributed by atoms with Crippen LogP contribution >= 0.6 is 0 Å². The van der Waals surface area contributed by atoms with Gasteiger partial charge in [-0.05, 0) is 34.1 Å². The van der Waals surface area contributed by atoms with Crippen LogP contribution in [0.4, 0.5) is 4.79 Å². The van der Waals surface area contributed by atoms with Gasteiger partial charge in [-0.2, -0.15) is 0 Å². The lowest BCUT2D eigenvalue weighted by Gasteiger charge is -2.30. The third kappa shape index (κ3) is 6.42. The molecule has 0 bridgehead atoms. The second-order valence-corrected chi connectivity index (χ2v) is 5.79. The SMILES string of the molecule is CC(O)CCNC1=NCCN(C(=O)OC(C)(C)C)C1. The van der Waals surface area contributed by atoms with E-state index in [2.05, 4.69) is 10.3 Å². The Morgan fingerprint density at radius 1 is 1.58 bits per heavy atom. The third-order valence-corrected chi connectivity index (χ3v) is 2.56. The highest BCUT2D eigenvalue weighted by atomic mass is 16.6. The summed E-state index contributed by atoms with van der Waals surface area (Å²) in [5.74, 6) is 0.776. The predicted molar refractivity (Wildman–Crippen MR) is 74.4 cm³/mol. The molecule has 0 spiro atoms. The standard InChI is InChI=1S/C13H25N3O3/c1-10(17)5-6-14-11-9-16(8-7-15-11)12(18)19-13(2,3)4/h10,17H,5-9H2,1-4H3,(H,14,15). The monoisotopic (exact) mass is 271 g/mol. The van der Waals surface area contributed by atoms with Crippen LogP contribution in [-0.2, 0) is 4.74 Å². The van der Waals surface area contributed by atoms with Gasteiger partial charge in [0.2, 0.25) is 0 Å². The molecule has 1 heterocycles. The topological polar surface area (TPSA) is 74.2 Å². The molecule has 0 aromatic carbocycles. The first kappa shape index (κ1) is 15.8.